The maximum absolute atomic E-state index is 12.9. The molecule has 2 bridgehead atoms. The van der Waals surface area contributed by atoms with E-state index in [1.54, 1.807) is 0 Å². The van der Waals surface area contributed by atoms with E-state index in [-0.39, 0.29) is 12.0 Å². The van der Waals surface area contributed by atoms with E-state index >= 15 is 0 Å². The third kappa shape index (κ3) is 1.55. The number of piperidine rings is 2. The van der Waals surface area contributed by atoms with Gasteiger partial charge in [-0.15, -0.1) is 0 Å². The Bertz CT molecular complexity index is 803. The molecule has 4 fully saturated rings. The van der Waals surface area contributed by atoms with Crippen molar-refractivity contribution in [1.82, 2.24) is 4.90 Å². The maximum Gasteiger partial charge on any atom is 0.227 e. The molecule has 0 aromatic heterocycles. The maximum atomic E-state index is 12.9. The molecule has 6 rings (SSSR count). The van der Waals surface area contributed by atoms with Crippen LogP contribution in [-0.2, 0) is 10.2 Å². The predicted molar refractivity (Wildman–Crippen MR) is 95.4 cm³/mol. The average molecular weight is 336 g/mol. The van der Waals surface area contributed by atoms with Crippen molar-refractivity contribution in [1.29, 1.82) is 0 Å². The summed E-state index contributed by atoms with van der Waals surface area (Å²) in [5.41, 5.74) is 4.17. The van der Waals surface area contributed by atoms with E-state index in [1.165, 1.54) is 29.7 Å². The van der Waals surface area contributed by atoms with Crippen LogP contribution in [0.3, 0.4) is 0 Å². The van der Waals surface area contributed by atoms with E-state index in [2.05, 4.69) is 40.1 Å². The molecule has 1 N–H and O–H groups in total. The van der Waals surface area contributed by atoms with Crippen molar-refractivity contribution in [2.24, 2.45) is 11.8 Å². The molecule has 130 valence electrons. The van der Waals surface area contributed by atoms with Gasteiger partial charge >= 0.3 is 0 Å². The van der Waals surface area contributed by atoms with Gasteiger partial charge in [-0.05, 0) is 49.3 Å². The second kappa shape index (κ2) is 4.74. The molecule has 0 radical (unpaired) electrons. The quantitative estimate of drug-likeness (QED) is 0.799. The lowest BCUT2D eigenvalue weighted by molar-refractivity contribution is -0.123. The first kappa shape index (κ1) is 14.5. The Hall–Kier alpha value is -1.65. The van der Waals surface area contributed by atoms with Crippen molar-refractivity contribution >= 4 is 11.6 Å². The SMILES string of the molecule is O=C1CCC2C3CC4N(CCC45c4ccccc4N1C25)CC3=CCO. The van der Waals surface area contributed by atoms with Gasteiger partial charge in [0, 0.05) is 30.1 Å². The number of hydrogen-bond donors (Lipinski definition) is 1. The second-order valence-corrected chi connectivity index (χ2v) is 8.51. The molecule has 1 amide bonds. The van der Waals surface area contributed by atoms with Crippen LogP contribution >= 0.6 is 0 Å². The van der Waals surface area contributed by atoms with Gasteiger partial charge in [0.05, 0.1) is 12.6 Å². The number of hydrogen-bond acceptors (Lipinski definition) is 3. The number of aliphatic hydroxyl groups excluding tert-OH is 1. The summed E-state index contributed by atoms with van der Waals surface area (Å²) >= 11 is 0. The highest BCUT2D eigenvalue weighted by Gasteiger charge is 2.68. The minimum atomic E-state index is 0.135. The molecular formula is C21H24N2O2. The summed E-state index contributed by atoms with van der Waals surface area (Å²) < 4.78 is 0. The number of rotatable bonds is 1. The molecule has 25 heavy (non-hydrogen) atoms. The highest BCUT2D eigenvalue weighted by Crippen LogP contribution is 2.64. The van der Waals surface area contributed by atoms with Gasteiger partial charge in [-0.1, -0.05) is 29.8 Å². The van der Waals surface area contributed by atoms with Gasteiger partial charge in [0.1, 0.15) is 0 Å². The minimum Gasteiger partial charge on any atom is -0.392 e. The summed E-state index contributed by atoms with van der Waals surface area (Å²) in [6.45, 7) is 2.26. The smallest absolute Gasteiger partial charge is 0.227 e. The monoisotopic (exact) mass is 336 g/mol. The standard InChI is InChI=1S/C21H24N2O2/c24-10-7-13-12-22-9-8-21-16-3-1-2-4-17(16)23-19(25)6-5-14(20(21)23)15(13)11-18(21)22/h1-4,7,14-15,18,20,24H,5-6,8-12H2. The fourth-order valence-corrected chi connectivity index (χ4v) is 7.18. The summed E-state index contributed by atoms with van der Waals surface area (Å²) in [7, 11) is 0. The molecule has 5 atom stereocenters. The molecule has 4 heterocycles. The van der Waals surface area contributed by atoms with Crippen LogP contribution in [0.1, 0.15) is 31.2 Å². The van der Waals surface area contributed by atoms with Gasteiger partial charge in [-0.25, -0.2) is 0 Å². The number of aliphatic hydroxyl groups is 1. The van der Waals surface area contributed by atoms with Crippen LogP contribution in [-0.4, -0.2) is 47.7 Å². The molecule has 1 saturated carbocycles. The molecule has 4 nitrogen and oxygen atoms in total. The molecule has 1 aliphatic carbocycles. The van der Waals surface area contributed by atoms with Crippen molar-refractivity contribution in [3.63, 3.8) is 0 Å². The summed E-state index contributed by atoms with van der Waals surface area (Å²) in [4.78, 5) is 17.7. The Morgan fingerprint density at radius 1 is 1.32 bits per heavy atom. The van der Waals surface area contributed by atoms with Gasteiger partial charge in [0.25, 0.3) is 0 Å². The molecule has 5 aliphatic rings. The Kier molecular flexibility index (Phi) is 2.75. The molecule has 3 saturated heterocycles. The molecular weight excluding hydrogens is 312 g/mol. The summed E-state index contributed by atoms with van der Waals surface area (Å²) in [5, 5.41) is 9.52. The van der Waals surface area contributed by atoms with Crippen molar-refractivity contribution in [3.8, 4) is 0 Å². The lowest BCUT2D eigenvalue weighted by Gasteiger charge is -2.57. The van der Waals surface area contributed by atoms with E-state index in [0.717, 1.165) is 19.5 Å². The zero-order valence-electron chi connectivity index (χ0n) is 14.4. The lowest BCUT2D eigenvalue weighted by atomic mass is 9.54. The van der Waals surface area contributed by atoms with Gasteiger partial charge in [-0.3, -0.25) is 9.69 Å². The molecule has 4 aliphatic heterocycles. The fraction of sp³-hybridized carbons (Fsp3) is 0.571. The van der Waals surface area contributed by atoms with Gasteiger partial charge in [0.2, 0.25) is 5.91 Å². The van der Waals surface area contributed by atoms with Crippen molar-refractivity contribution in [2.45, 2.75) is 43.2 Å². The van der Waals surface area contributed by atoms with Crippen LogP contribution in [0.5, 0.6) is 0 Å². The van der Waals surface area contributed by atoms with Crippen LogP contribution in [0.4, 0.5) is 5.69 Å². The van der Waals surface area contributed by atoms with Crippen molar-refractivity contribution in [2.75, 3.05) is 24.6 Å². The number of anilines is 1. The van der Waals surface area contributed by atoms with Crippen molar-refractivity contribution < 1.29 is 9.90 Å². The first-order valence-electron chi connectivity index (χ1n) is 9.71. The first-order chi connectivity index (χ1) is 12.3. The Morgan fingerprint density at radius 3 is 3.08 bits per heavy atom. The van der Waals surface area contributed by atoms with Crippen molar-refractivity contribution in [3.05, 3.63) is 41.5 Å². The second-order valence-electron chi connectivity index (χ2n) is 8.51. The highest BCUT2D eigenvalue weighted by molar-refractivity contribution is 5.98. The third-order valence-electron chi connectivity index (χ3n) is 7.89. The minimum absolute atomic E-state index is 0.135. The predicted octanol–water partition coefficient (Wildman–Crippen LogP) is 2.08. The number of benzene rings is 1. The Balaban J connectivity index is 1.60. The van der Waals surface area contributed by atoms with E-state index in [9.17, 15) is 9.90 Å². The summed E-state index contributed by atoms with van der Waals surface area (Å²) in [5.74, 6) is 1.39. The van der Waals surface area contributed by atoms with Crippen LogP contribution in [0.25, 0.3) is 0 Å². The van der Waals surface area contributed by atoms with E-state index in [4.69, 9.17) is 0 Å². The van der Waals surface area contributed by atoms with Gasteiger partial charge < -0.3 is 10.0 Å². The molecule has 5 unspecified atom stereocenters. The number of nitrogens with zero attached hydrogens (tertiary/aromatic N) is 2. The Labute approximate surface area is 148 Å². The number of para-hydroxylation sites is 1. The van der Waals surface area contributed by atoms with Crippen LogP contribution in [0.2, 0.25) is 0 Å². The zero-order valence-corrected chi connectivity index (χ0v) is 14.4. The van der Waals surface area contributed by atoms with Crippen LogP contribution < -0.4 is 4.90 Å². The van der Waals surface area contributed by atoms with Crippen LogP contribution in [0, 0.1) is 11.8 Å². The number of amides is 1. The average Bonchev–Trinajstić information content (AvgIpc) is 3.17. The molecule has 1 spiro atoms. The summed E-state index contributed by atoms with van der Waals surface area (Å²) in [6, 6.07) is 9.56. The fourth-order valence-electron chi connectivity index (χ4n) is 7.18. The molecule has 1 aromatic rings. The lowest BCUT2D eigenvalue weighted by Crippen LogP contribution is -2.66. The first-order valence-corrected chi connectivity index (χ1v) is 9.71. The van der Waals surface area contributed by atoms with Gasteiger partial charge in [-0.2, -0.15) is 0 Å². The third-order valence-corrected chi connectivity index (χ3v) is 7.89. The summed E-state index contributed by atoms with van der Waals surface area (Å²) in [6.07, 6.45) is 6.09. The van der Waals surface area contributed by atoms with Crippen LogP contribution in [0.15, 0.2) is 35.9 Å². The number of carbonyl (C=O) groups excluding carboxylic acids is 1. The van der Waals surface area contributed by atoms with E-state index in [0.29, 0.717) is 36.2 Å². The number of fused-ring (bicyclic) bond motifs is 4. The highest BCUT2D eigenvalue weighted by atomic mass is 16.2. The zero-order chi connectivity index (χ0) is 16.8. The number of carbonyl (C=O) groups is 1. The molecule has 4 heteroatoms. The molecule has 1 aromatic carbocycles. The Morgan fingerprint density at radius 2 is 2.20 bits per heavy atom. The van der Waals surface area contributed by atoms with E-state index < -0.39 is 0 Å². The largest absolute Gasteiger partial charge is 0.392 e. The topological polar surface area (TPSA) is 43.8 Å². The van der Waals surface area contributed by atoms with E-state index in [1.807, 2.05) is 0 Å². The van der Waals surface area contributed by atoms with Gasteiger partial charge in [0.15, 0.2) is 0 Å². The normalized spacial score (nSPS) is 42.7.